The number of carbonyl (C=O) groups is 1. The Morgan fingerprint density at radius 2 is 1.94 bits per heavy atom. The molecule has 1 rings (SSSR count). The SMILES string of the molecule is CC(C)C(C(=O)NN)N1CCCC(C)(C)CC1. The Balaban J connectivity index is 2.72. The monoisotopic (exact) mass is 241 g/mol. The lowest BCUT2D eigenvalue weighted by Gasteiger charge is -2.32. The summed E-state index contributed by atoms with van der Waals surface area (Å²) in [5.41, 5.74) is 2.70. The van der Waals surface area contributed by atoms with Crippen LogP contribution in [0, 0.1) is 11.3 Å². The predicted octanol–water partition coefficient (Wildman–Crippen LogP) is 1.51. The third kappa shape index (κ3) is 3.96. The first-order valence-electron chi connectivity index (χ1n) is 6.62. The number of likely N-dealkylation sites (tertiary alicyclic amines) is 1. The van der Waals surface area contributed by atoms with E-state index in [1.165, 1.54) is 6.42 Å². The van der Waals surface area contributed by atoms with Gasteiger partial charge in [0.05, 0.1) is 6.04 Å². The van der Waals surface area contributed by atoms with Crippen LogP contribution in [0.1, 0.15) is 47.0 Å². The minimum atomic E-state index is -0.0890. The van der Waals surface area contributed by atoms with E-state index in [2.05, 4.69) is 38.0 Å². The van der Waals surface area contributed by atoms with Crippen molar-refractivity contribution in [3.63, 3.8) is 0 Å². The van der Waals surface area contributed by atoms with Gasteiger partial charge in [0.15, 0.2) is 0 Å². The minimum absolute atomic E-state index is 0.0558. The van der Waals surface area contributed by atoms with Crippen LogP contribution >= 0.6 is 0 Å². The fourth-order valence-corrected chi connectivity index (χ4v) is 2.70. The zero-order valence-corrected chi connectivity index (χ0v) is 11.6. The van der Waals surface area contributed by atoms with Crippen LogP contribution in [0.3, 0.4) is 0 Å². The summed E-state index contributed by atoms with van der Waals surface area (Å²) in [6.45, 7) is 10.8. The van der Waals surface area contributed by atoms with Crippen LogP contribution in [-0.2, 0) is 4.79 Å². The molecule has 1 aliphatic rings. The standard InChI is InChI=1S/C13H27N3O/c1-10(2)11(12(17)15-14)16-8-5-6-13(3,4)7-9-16/h10-11H,5-9,14H2,1-4H3,(H,15,17). The highest BCUT2D eigenvalue weighted by molar-refractivity contribution is 5.81. The van der Waals surface area contributed by atoms with Gasteiger partial charge >= 0.3 is 0 Å². The molecule has 1 fully saturated rings. The predicted molar refractivity (Wildman–Crippen MR) is 70.2 cm³/mol. The second-order valence-electron chi connectivity index (χ2n) is 6.25. The number of amides is 1. The molecule has 0 aromatic carbocycles. The van der Waals surface area contributed by atoms with Gasteiger partial charge in [0.1, 0.15) is 0 Å². The van der Waals surface area contributed by atoms with Gasteiger partial charge in [-0.3, -0.25) is 15.1 Å². The average molecular weight is 241 g/mol. The highest BCUT2D eigenvalue weighted by atomic mass is 16.2. The summed E-state index contributed by atoms with van der Waals surface area (Å²) in [6, 6.07) is -0.0890. The van der Waals surface area contributed by atoms with E-state index in [1.807, 2.05) is 0 Å². The van der Waals surface area contributed by atoms with Crippen molar-refractivity contribution in [2.75, 3.05) is 13.1 Å². The number of carbonyl (C=O) groups excluding carboxylic acids is 1. The lowest BCUT2D eigenvalue weighted by molar-refractivity contribution is -0.128. The molecule has 1 unspecified atom stereocenters. The molecule has 0 spiro atoms. The van der Waals surface area contributed by atoms with Gasteiger partial charge in [-0.05, 0) is 43.7 Å². The van der Waals surface area contributed by atoms with Gasteiger partial charge in [-0.1, -0.05) is 27.7 Å². The highest BCUT2D eigenvalue weighted by Crippen LogP contribution is 2.31. The number of nitrogens with two attached hydrogens (primary N) is 1. The first-order valence-corrected chi connectivity index (χ1v) is 6.62. The summed E-state index contributed by atoms with van der Waals surface area (Å²) in [6.07, 6.45) is 3.54. The summed E-state index contributed by atoms with van der Waals surface area (Å²) < 4.78 is 0. The normalized spacial score (nSPS) is 23.2. The number of hydrogen-bond donors (Lipinski definition) is 2. The van der Waals surface area contributed by atoms with Gasteiger partial charge in [-0.2, -0.15) is 0 Å². The summed E-state index contributed by atoms with van der Waals surface area (Å²) >= 11 is 0. The van der Waals surface area contributed by atoms with Crippen LogP contribution in [0.15, 0.2) is 0 Å². The molecule has 1 amide bonds. The molecular weight excluding hydrogens is 214 g/mol. The molecule has 0 aliphatic carbocycles. The first-order chi connectivity index (χ1) is 7.87. The number of rotatable bonds is 3. The van der Waals surface area contributed by atoms with Crippen molar-refractivity contribution < 1.29 is 4.79 Å². The average Bonchev–Trinajstić information content (AvgIpc) is 2.40. The molecule has 0 aromatic heterocycles. The third-order valence-corrected chi connectivity index (χ3v) is 3.81. The Morgan fingerprint density at radius 3 is 2.47 bits per heavy atom. The Bertz CT molecular complexity index is 263. The lowest BCUT2D eigenvalue weighted by atomic mass is 9.85. The smallest absolute Gasteiger partial charge is 0.251 e. The maximum Gasteiger partial charge on any atom is 0.251 e. The summed E-state index contributed by atoms with van der Waals surface area (Å²) in [5, 5.41) is 0. The van der Waals surface area contributed by atoms with Crippen molar-refractivity contribution in [1.29, 1.82) is 0 Å². The number of hydrogen-bond acceptors (Lipinski definition) is 3. The molecule has 1 saturated heterocycles. The molecule has 100 valence electrons. The van der Waals surface area contributed by atoms with Crippen LogP contribution in [-0.4, -0.2) is 29.9 Å². The van der Waals surface area contributed by atoms with Crippen molar-refractivity contribution in [2.45, 2.75) is 53.0 Å². The van der Waals surface area contributed by atoms with Crippen LogP contribution in [0.25, 0.3) is 0 Å². The molecule has 4 heteroatoms. The Morgan fingerprint density at radius 1 is 1.29 bits per heavy atom. The molecule has 4 nitrogen and oxygen atoms in total. The Labute approximate surface area is 105 Å². The Hall–Kier alpha value is -0.610. The number of hydrazine groups is 1. The van der Waals surface area contributed by atoms with E-state index in [0.717, 1.165) is 25.9 Å². The maximum atomic E-state index is 11.8. The van der Waals surface area contributed by atoms with E-state index in [0.29, 0.717) is 11.3 Å². The molecule has 3 N–H and O–H groups in total. The van der Waals surface area contributed by atoms with Gasteiger partial charge in [0, 0.05) is 0 Å². The molecular formula is C13H27N3O. The zero-order chi connectivity index (χ0) is 13.1. The zero-order valence-electron chi connectivity index (χ0n) is 11.6. The fourth-order valence-electron chi connectivity index (χ4n) is 2.70. The maximum absolute atomic E-state index is 11.8. The summed E-state index contributed by atoms with van der Waals surface area (Å²) in [5.74, 6) is 5.52. The molecule has 1 heterocycles. The Kier molecular flexibility index (Phi) is 4.95. The fraction of sp³-hybridized carbons (Fsp3) is 0.923. The van der Waals surface area contributed by atoms with Crippen molar-refractivity contribution in [3.8, 4) is 0 Å². The van der Waals surface area contributed by atoms with Crippen LogP contribution < -0.4 is 11.3 Å². The summed E-state index contributed by atoms with van der Waals surface area (Å²) in [7, 11) is 0. The molecule has 0 radical (unpaired) electrons. The second kappa shape index (κ2) is 5.83. The van der Waals surface area contributed by atoms with Gasteiger partial charge < -0.3 is 0 Å². The molecule has 0 aromatic rings. The van der Waals surface area contributed by atoms with Crippen molar-refractivity contribution in [2.24, 2.45) is 17.2 Å². The van der Waals surface area contributed by atoms with E-state index >= 15 is 0 Å². The molecule has 0 bridgehead atoms. The number of nitrogens with zero attached hydrogens (tertiary/aromatic N) is 1. The third-order valence-electron chi connectivity index (χ3n) is 3.81. The molecule has 1 atom stereocenters. The minimum Gasteiger partial charge on any atom is -0.293 e. The quantitative estimate of drug-likeness (QED) is 0.447. The first kappa shape index (κ1) is 14.5. The van der Waals surface area contributed by atoms with E-state index in [1.54, 1.807) is 0 Å². The van der Waals surface area contributed by atoms with Crippen LogP contribution in [0.4, 0.5) is 0 Å². The molecule has 0 saturated carbocycles. The van der Waals surface area contributed by atoms with E-state index in [-0.39, 0.29) is 11.9 Å². The van der Waals surface area contributed by atoms with E-state index in [4.69, 9.17) is 5.84 Å². The molecule has 17 heavy (non-hydrogen) atoms. The topological polar surface area (TPSA) is 58.4 Å². The van der Waals surface area contributed by atoms with Gasteiger partial charge in [-0.15, -0.1) is 0 Å². The largest absolute Gasteiger partial charge is 0.293 e. The van der Waals surface area contributed by atoms with E-state index in [9.17, 15) is 4.79 Å². The van der Waals surface area contributed by atoms with Gasteiger partial charge in [0.25, 0.3) is 5.91 Å². The van der Waals surface area contributed by atoms with Crippen LogP contribution in [0.5, 0.6) is 0 Å². The highest BCUT2D eigenvalue weighted by Gasteiger charge is 2.32. The van der Waals surface area contributed by atoms with Crippen molar-refractivity contribution >= 4 is 5.91 Å². The van der Waals surface area contributed by atoms with E-state index < -0.39 is 0 Å². The van der Waals surface area contributed by atoms with Crippen molar-refractivity contribution in [3.05, 3.63) is 0 Å². The summed E-state index contributed by atoms with van der Waals surface area (Å²) in [4.78, 5) is 14.1. The van der Waals surface area contributed by atoms with Gasteiger partial charge in [0.2, 0.25) is 0 Å². The van der Waals surface area contributed by atoms with Crippen LogP contribution in [0.2, 0.25) is 0 Å². The number of nitrogens with one attached hydrogen (secondary N) is 1. The lowest BCUT2D eigenvalue weighted by Crippen LogP contribution is -2.52. The van der Waals surface area contributed by atoms with Crippen molar-refractivity contribution in [1.82, 2.24) is 10.3 Å². The van der Waals surface area contributed by atoms with Gasteiger partial charge in [-0.25, -0.2) is 5.84 Å². The molecule has 1 aliphatic heterocycles. The second-order valence-corrected chi connectivity index (χ2v) is 6.25.